The number of nitrogens with zero attached hydrogens (tertiary/aromatic N) is 1. The summed E-state index contributed by atoms with van der Waals surface area (Å²) in [5, 5.41) is 0. The number of carbonyl (C=O) groups excluding carboxylic acids is 3. The van der Waals surface area contributed by atoms with E-state index in [1.54, 1.807) is 27.9 Å². The molecule has 0 aliphatic heterocycles. The Balaban J connectivity index is -0.000000174. The van der Waals surface area contributed by atoms with Gasteiger partial charge in [0.25, 0.3) is 0 Å². The van der Waals surface area contributed by atoms with Gasteiger partial charge < -0.3 is 14.4 Å². The van der Waals surface area contributed by atoms with Crippen molar-refractivity contribution in [3.05, 3.63) is 0 Å². The third kappa shape index (κ3) is 54.0. The molecule has 6 nitrogen and oxygen atoms in total. The summed E-state index contributed by atoms with van der Waals surface area (Å²) in [5.41, 5.74) is 0. The largest absolute Gasteiger partial charge is 0.466 e. The van der Waals surface area contributed by atoms with E-state index >= 15 is 0 Å². The van der Waals surface area contributed by atoms with Crippen LogP contribution in [0.1, 0.15) is 27.7 Å². The minimum absolute atomic E-state index is 0.211. The molecule has 17 heavy (non-hydrogen) atoms. The molecule has 0 radical (unpaired) electrons. The van der Waals surface area contributed by atoms with Crippen LogP contribution in [0.2, 0.25) is 0 Å². The minimum Gasteiger partial charge on any atom is -0.466 e. The van der Waals surface area contributed by atoms with Gasteiger partial charge in [-0.3, -0.25) is 14.4 Å². The lowest BCUT2D eigenvalue weighted by Gasteiger charge is -1.93. The molecule has 0 aliphatic rings. The maximum absolute atomic E-state index is 9.82. The van der Waals surface area contributed by atoms with Gasteiger partial charge in [0.2, 0.25) is 6.41 Å². The number of ether oxygens (including phenoxy) is 2. The Hall–Kier alpha value is -1.59. The van der Waals surface area contributed by atoms with Crippen molar-refractivity contribution in [3.63, 3.8) is 0 Å². The van der Waals surface area contributed by atoms with Crippen LogP contribution >= 0.6 is 0 Å². The van der Waals surface area contributed by atoms with Gasteiger partial charge in [-0.15, -0.1) is 0 Å². The summed E-state index contributed by atoms with van der Waals surface area (Å²) in [6.45, 7) is 7.31. The highest BCUT2D eigenvalue weighted by atomic mass is 16.5. The van der Waals surface area contributed by atoms with Gasteiger partial charge in [-0.05, 0) is 13.8 Å². The molecule has 6 heteroatoms. The van der Waals surface area contributed by atoms with Gasteiger partial charge in [0.05, 0.1) is 13.2 Å². The molecule has 0 rings (SSSR count). The van der Waals surface area contributed by atoms with Gasteiger partial charge in [0.15, 0.2) is 0 Å². The van der Waals surface area contributed by atoms with Crippen molar-refractivity contribution in [1.82, 2.24) is 4.90 Å². The van der Waals surface area contributed by atoms with Crippen molar-refractivity contribution in [2.75, 3.05) is 27.3 Å². The minimum atomic E-state index is -0.211. The van der Waals surface area contributed by atoms with E-state index < -0.39 is 0 Å². The monoisotopic (exact) mass is 249 g/mol. The molecule has 0 N–H and O–H groups in total. The van der Waals surface area contributed by atoms with E-state index in [0.717, 1.165) is 6.41 Å². The van der Waals surface area contributed by atoms with Crippen molar-refractivity contribution in [2.24, 2.45) is 0 Å². The Kier molecular flexibility index (Phi) is 20.6. The van der Waals surface area contributed by atoms with Crippen LogP contribution in [0.15, 0.2) is 0 Å². The second-order valence-electron chi connectivity index (χ2n) is 2.92. The fraction of sp³-hybridized carbons (Fsp3) is 0.727. The van der Waals surface area contributed by atoms with E-state index in [1.165, 1.54) is 18.7 Å². The summed E-state index contributed by atoms with van der Waals surface area (Å²) in [6.07, 6.45) is 0.750. The number of amides is 1. The van der Waals surface area contributed by atoms with Crippen LogP contribution in [-0.4, -0.2) is 50.6 Å². The molecule has 1 amide bonds. The second kappa shape index (κ2) is 16.8. The van der Waals surface area contributed by atoms with Gasteiger partial charge in [-0.2, -0.15) is 0 Å². The molecular weight excluding hydrogens is 226 g/mol. The summed E-state index contributed by atoms with van der Waals surface area (Å²) < 4.78 is 8.81. The Bertz CT molecular complexity index is 188. The van der Waals surface area contributed by atoms with Crippen LogP contribution in [0.4, 0.5) is 0 Å². The Labute approximate surface area is 103 Å². The molecule has 0 saturated carbocycles. The number of hydrogen-bond acceptors (Lipinski definition) is 5. The Morgan fingerprint density at radius 2 is 1.24 bits per heavy atom. The third-order valence-corrected chi connectivity index (χ3v) is 0.906. The smallest absolute Gasteiger partial charge is 0.302 e. The predicted molar refractivity (Wildman–Crippen MR) is 64.4 cm³/mol. The van der Waals surface area contributed by atoms with E-state index in [-0.39, 0.29) is 11.9 Å². The van der Waals surface area contributed by atoms with Crippen molar-refractivity contribution in [1.29, 1.82) is 0 Å². The molecule has 0 heterocycles. The molecule has 102 valence electrons. The van der Waals surface area contributed by atoms with E-state index in [0.29, 0.717) is 13.2 Å². The van der Waals surface area contributed by atoms with Gasteiger partial charge in [0, 0.05) is 27.9 Å². The first-order valence-corrected chi connectivity index (χ1v) is 5.20. The van der Waals surface area contributed by atoms with Crippen molar-refractivity contribution < 1.29 is 23.9 Å². The van der Waals surface area contributed by atoms with Crippen LogP contribution in [0.25, 0.3) is 0 Å². The topological polar surface area (TPSA) is 72.9 Å². The zero-order valence-corrected chi connectivity index (χ0v) is 11.5. The van der Waals surface area contributed by atoms with Crippen LogP contribution < -0.4 is 0 Å². The number of esters is 2. The van der Waals surface area contributed by atoms with Crippen molar-refractivity contribution in [2.45, 2.75) is 27.7 Å². The second-order valence-corrected chi connectivity index (χ2v) is 2.92. The summed E-state index contributed by atoms with van der Waals surface area (Å²) in [5.74, 6) is -0.421. The Morgan fingerprint density at radius 3 is 1.24 bits per heavy atom. The molecule has 0 fully saturated rings. The SMILES string of the molecule is CCOC(C)=O.CCOC(C)=O.CN(C)C=O. The first kappa shape index (κ1) is 20.8. The average molecular weight is 249 g/mol. The maximum Gasteiger partial charge on any atom is 0.302 e. The van der Waals surface area contributed by atoms with Gasteiger partial charge >= 0.3 is 11.9 Å². The summed E-state index contributed by atoms with van der Waals surface area (Å²) in [7, 11) is 3.38. The van der Waals surface area contributed by atoms with Gasteiger partial charge in [-0.25, -0.2) is 0 Å². The standard InChI is InChI=1S/2C4H8O2.C3H7NO/c2*1-3-6-4(2)5;1-4(2)3-5/h2*3H2,1-2H3;3H,1-2H3. The zero-order valence-electron chi connectivity index (χ0n) is 11.5. The molecular formula is C11H23NO5. The molecule has 0 unspecified atom stereocenters. The van der Waals surface area contributed by atoms with Gasteiger partial charge in [0.1, 0.15) is 0 Å². The lowest BCUT2D eigenvalue weighted by atomic mass is 10.8. The zero-order chi connectivity index (χ0) is 14.3. The molecule has 0 bridgehead atoms. The fourth-order valence-electron chi connectivity index (χ4n) is 0.407. The van der Waals surface area contributed by atoms with E-state index in [2.05, 4.69) is 9.47 Å². The highest BCUT2D eigenvalue weighted by Crippen LogP contribution is 1.70. The number of hydrogen-bond donors (Lipinski definition) is 0. The lowest BCUT2D eigenvalue weighted by molar-refractivity contribution is -0.141. The van der Waals surface area contributed by atoms with E-state index in [1.807, 2.05) is 0 Å². The molecule has 0 aliphatic carbocycles. The normalized spacial score (nSPS) is 7.41. The molecule has 0 atom stereocenters. The summed E-state index contributed by atoms with van der Waals surface area (Å²) >= 11 is 0. The molecule has 0 saturated heterocycles. The van der Waals surface area contributed by atoms with Crippen LogP contribution in [0.3, 0.4) is 0 Å². The average Bonchev–Trinajstić information content (AvgIpc) is 2.19. The van der Waals surface area contributed by atoms with Gasteiger partial charge in [-0.1, -0.05) is 0 Å². The fourth-order valence-corrected chi connectivity index (χ4v) is 0.407. The molecule has 0 spiro atoms. The molecule has 0 aromatic heterocycles. The van der Waals surface area contributed by atoms with Crippen molar-refractivity contribution >= 4 is 18.3 Å². The van der Waals surface area contributed by atoms with E-state index in [9.17, 15) is 14.4 Å². The van der Waals surface area contributed by atoms with E-state index in [4.69, 9.17) is 0 Å². The predicted octanol–water partition coefficient (Wildman–Crippen LogP) is 0.843. The summed E-state index contributed by atoms with van der Waals surface area (Å²) in [6, 6.07) is 0. The third-order valence-electron chi connectivity index (χ3n) is 0.906. The summed E-state index contributed by atoms with van der Waals surface area (Å²) in [4.78, 5) is 30.5. The molecule has 0 aromatic carbocycles. The quantitative estimate of drug-likeness (QED) is 0.547. The Morgan fingerprint density at radius 1 is 1.00 bits per heavy atom. The highest BCUT2D eigenvalue weighted by Gasteiger charge is 1.82. The lowest BCUT2D eigenvalue weighted by Crippen LogP contribution is -2.06. The van der Waals surface area contributed by atoms with Crippen molar-refractivity contribution in [3.8, 4) is 0 Å². The first-order valence-electron chi connectivity index (χ1n) is 5.20. The van der Waals surface area contributed by atoms with Crippen LogP contribution in [0.5, 0.6) is 0 Å². The number of rotatable bonds is 3. The highest BCUT2D eigenvalue weighted by molar-refractivity contribution is 5.66. The van der Waals surface area contributed by atoms with Crippen LogP contribution in [-0.2, 0) is 23.9 Å². The van der Waals surface area contributed by atoms with Crippen LogP contribution in [0, 0.1) is 0 Å². The first-order chi connectivity index (χ1) is 7.81. The number of carbonyl (C=O) groups is 3. The maximum atomic E-state index is 9.82. The molecule has 0 aromatic rings.